The minimum atomic E-state index is -0.108. The van der Waals surface area contributed by atoms with Crippen molar-refractivity contribution in [3.8, 4) is 5.75 Å². The number of carbonyl (C=O) groups excluding carboxylic acids is 1. The maximum absolute atomic E-state index is 11.8. The van der Waals surface area contributed by atoms with Crippen LogP contribution in [0.5, 0.6) is 5.75 Å². The molecule has 0 aliphatic carbocycles. The van der Waals surface area contributed by atoms with Crippen molar-refractivity contribution in [3.63, 3.8) is 0 Å². The summed E-state index contributed by atoms with van der Waals surface area (Å²) in [6.45, 7) is 1.87. The van der Waals surface area contributed by atoms with E-state index in [9.17, 15) is 4.79 Å². The summed E-state index contributed by atoms with van der Waals surface area (Å²) in [5.41, 5.74) is 1.71. The Morgan fingerprint density at radius 1 is 1.39 bits per heavy atom. The first-order chi connectivity index (χ1) is 8.54. The van der Waals surface area contributed by atoms with E-state index < -0.39 is 0 Å². The Bertz CT molecular complexity index is 558. The number of nitrogens with zero attached hydrogens (tertiary/aromatic N) is 2. The first-order valence-electron chi connectivity index (χ1n) is 5.63. The minimum absolute atomic E-state index is 0.108. The van der Waals surface area contributed by atoms with Crippen LogP contribution in [0.2, 0.25) is 0 Å². The van der Waals surface area contributed by atoms with Gasteiger partial charge in [-0.05, 0) is 24.6 Å². The molecule has 94 valence electrons. The topological polar surface area (TPSA) is 67.2 Å². The quantitative estimate of drug-likeness (QED) is 0.863. The lowest BCUT2D eigenvalue weighted by atomic mass is 10.1. The van der Waals surface area contributed by atoms with Gasteiger partial charge in [0.1, 0.15) is 11.6 Å². The zero-order valence-electron chi connectivity index (χ0n) is 10.3. The van der Waals surface area contributed by atoms with Gasteiger partial charge in [-0.15, -0.1) is 0 Å². The highest BCUT2D eigenvalue weighted by atomic mass is 16.3. The van der Waals surface area contributed by atoms with Gasteiger partial charge in [-0.2, -0.15) is 5.10 Å². The third-order valence-corrected chi connectivity index (χ3v) is 2.57. The van der Waals surface area contributed by atoms with Gasteiger partial charge in [0.2, 0.25) is 5.91 Å². The number of phenols is 1. The average molecular weight is 245 g/mol. The van der Waals surface area contributed by atoms with E-state index in [4.69, 9.17) is 5.11 Å². The molecule has 0 atom stereocenters. The molecule has 1 aromatic heterocycles. The van der Waals surface area contributed by atoms with Gasteiger partial charge in [0, 0.05) is 13.1 Å². The highest BCUT2D eigenvalue weighted by Gasteiger charge is 2.07. The van der Waals surface area contributed by atoms with Crippen LogP contribution in [-0.2, 0) is 18.3 Å². The average Bonchev–Trinajstić information content (AvgIpc) is 2.61. The SMILES string of the molecule is Cc1cc(NC(=O)Cc2ccc(O)cc2)n(C)n1. The number of nitrogens with one attached hydrogen (secondary N) is 1. The number of hydrogen-bond donors (Lipinski definition) is 2. The number of aromatic hydroxyl groups is 1. The molecule has 0 radical (unpaired) electrons. The summed E-state index contributed by atoms with van der Waals surface area (Å²) < 4.78 is 1.63. The van der Waals surface area contributed by atoms with Crippen molar-refractivity contribution in [2.24, 2.45) is 7.05 Å². The van der Waals surface area contributed by atoms with Gasteiger partial charge in [-0.3, -0.25) is 9.48 Å². The van der Waals surface area contributed by atoms with E-state index in [-0.39, 0.29) is 18.1 Å². The fraction of sp³-hybridized carbons (Fsp3) is 0.231. The first-order valence-corrected chi connectivity index (χ1v) is 5.63. The summed E-state index contributed by atoms with van der Waals surface area (Å²) >= 11 is 0. The van der Waals surface area contributed by atoms with E-state index in [1.165, 1.54) is 0 Å². The number of phenolic OH excluding ortho intramolecular Hbond substituents is 1. The van der Waals surface area contributed by atoms with Crippen LogP contribution in [0.15, 0.2) is 30.3 Å². The molecule has 0 unspecified atom stereocenters. The maximum Gasteiger partial charge on any atom is 0.229 e. The second kappa shape index (κ2) is 4.91. The molecule has 2 N–H and O–H groups in total. The predicted molar refractivity (Wildman–Crippen MR) is 68.4 cm³/mol. The van der Waals surface area contributed by atoms with E-state index in [2.05, 4.69) is 10.4 Å². The molecular weight excluding hydrogens is 230 g/mol. The molecule has 1 heterocycles. The van der Waals surface area contributed by atoms with Crippen LogP contribution >= 0.6 is 0 Å². The number of anilines is 1. The van der Waals surface area contributed by atoms with Crippen LogP contribution < -0.4 is 5.32 Å². The van der Waals surface area contributed by atoms with Crippen molar-refractivity contribution in [3.05, 3.63) is 41.6 Å². The van der Waals surface area contributed by atoms with Crippen LogP contribution in [0.25, 0.3) is 0 Å². The lowest BCUT2D eigenvalue weighted by Crippen LogP contribution is -2.16. The monoisotopic (exact) mass is 245 g/mol. The molecule has 0 bridgehead atoms. The van der Waals surface area contributed by atoms with Crippen LogP contribution in [-0.4, -0.2) is 20.8 Å². The van der Waals surface area contributed by atoms with E-state index in [1.54, 1.807) is 36.0 Å². The summed E-state index contributed by atoms with van der Waals surface area (Å²) in [4.78, 5) is 11.8. The number of hydrogen-bond acceptors (Lipinski definition) is 3. The predicted octanol–water partition coefficient (Wildman–Crippen LogP) is 1.62. The second-order valence-electron chi connectivity index (χ2n) is 4.19. The van der Waals surface area contributed by atoms with Gasteiger partial charge < -0.3 is 10.4 Å². The summed E-state index contributed by atoms with van der Waals surface area (Å²) in [6.07, 6.45) is 0.268. The number of rotatable bonds is 3. The molecule has 0 aliphatic heterocycles. The Hall–Kier alpha value is -2.30. The Balaban J connectivity index is 2.01. The molecule has 0 aliphatic rings. The molecule has 0 fully saturated rings. The Labute approximate surface area is 105 Å². The Kier molecular flexibility index (Phi) is 3.32. The third kappa shape index (κ3) is 2.88. The van der Waals surface area contributed by atoms with Crippen molar-refractivity contribution < 1.29 is 9.90 Å². The van der Waals surface area contributed by atoms with Crippen molar-refractivity contribution in [1.82, 2.24) is 9.78 Å². The number of benzene rings is 1. The summed E-state index contributed by atoms with van der Waals surface area (Å²) in [6, 6.07) is 8.40. The highest BCUT2D eigenvalue weighted by molar-refractivity contribution is 5.91. The fourth-order valence-corrected chi connectivity index (χ4v) is 1.71. The van der Waals surface area contributed by atoms with Crippen molar-refractivity contribution in [2.45, 2.75) is 13.3 Å². The molecule has 0 saturated heterocycles. The summed E-state index contributed by atoms with van der Waals surface area (Å²) in [5.74, 6) is 0.765. The van der Waals surface area contributed by atoms with E-state index in [0.29, 0.717) is 5.82 Å². The van der Waals surface area contributed by atoms with Crippen LogP contribution in [0, 0.1) is 6.92 Å². The molecular formula is C13H15N3O2. The molecule has 2 aromatic rings. The highest BCUT2D eigenvalue weighted by Crippen LogP contribution is 2.12. The van der Waals surface area contributed by atoms with Gasteiger partial charge in [-0.25, -0.2) is 0 Å². The number of aromatic nitrogens is 2. The summed E-state index contributed by atoms with van der Waals surface area (Å²) in [5, 5.41) is 16.1. The van der Waals surface area contributed by atoms with Crippen molar-refractivity contribution in [1.29, 1.82) is 0 Å². The zero-order valence-corrected chi connectivity index (χ0v) is 10.3. The molecule has 1 amide bonds. The van der Waals surface area contributed by atoms with Crippen LogP contribution in [0.3, 0.4) is 0 Å². The van der Waals surface area contributed by atoms with Gasteiger partial charge in [0.05, 0.1) is 12.1 Å². The third-order valence-electron chi connectivity index (χ3n) is 2.57. The van der Waals surface area contributed by atoms with Crippen LogP contribution in [0.1, 0.15) is 11.3 Å². The van der Waals surface area contributed by atoms with Gasteiger partial charge >= 0.3 is 0 Å². The zero-order chi connectivity index (χ0) is 13.1. The molecule has 1 aromatic carbocycles. The molecule has 0 saturated carbocycles. The van der Waals surface area contributed by atoms with E-state index >= 15 is 0 Å². The van der Waals surface area contributed by atoms with Crippen LogP contribution in [0.4, 0.5) is 5.82 Å². The summed E-state index contributed by atoms with van der Waals surface area (Å²) in [7, 11) is 1.78. The normalized spacial score (nSPS) is 10.3. The largest absolute Gasteiger partial charge is 0.508 e. The molecule has 0 spiro atoms. The van der Waals surface area contributed by atoms with Crippen molar-refractivity contribution in [2.75, 3.05) is 5.32 Å². The number of carbonyl (C=O) groups is 1. The van der Waals surface area contributed by atoms with Crippen molar-refractivity contribution >= 4 is 11.7 Å². The molecule has 2 rings (SSSR count). The maximum atomic E-state index is 11.8. The van der Waals surface area contributed by atoms with Gasteiger partial charge in [0.25, 0.3) is 0 Å². The fourth-order valence-electron chi connectivity index (χ4n) is 1.71. The molecule has 5 heteroatoms. The standard InChI is InChI=1S/C13H15N3O2/c1-9-7-12(16(2)15-9)14-13(18)8-10-3-5-11(17)6-4-10/h3-7,17H,8H2,1-2H3,(H,14,18). The Morgan fingerprint density at radius 3 is 2.61 bits per heavy atom. The van der Waals surface area contributed by atoms with E-state index in [0.717, 1.165) is 11.3 Å². The van der Waals surface area contributed by atoms with E-state index in [1.807, 2.05) is 13.0 Å². The lowest BCUT2D eigenvalue weighted by molar-refractivity contribution is -0.115. The number of amides is 1. The van der Waals surface area contributed by atoms with Gasteiger partial charge in [0.15, 0.2) is 0 Å². The first kappa shape index (κ1) is 12.2. The minimum Gasteiger partial charge on any atom is -0.508 e. The lowest BCUT2D eigenvalue weighted by Gasteiger charge is -2.05. The molecule has 18 heavy (non-hydrogen) atoms. The van der Waals surface area contributed by atoms with Gasteiger partial charge in [-0.1, -0.05) is 12.1 Å². The smallest absolute Gasteiger partial charge is 0.229 e. The molecule has 5 nitrogen and oxygen atoms in total. The second-order valence-corrected chi connectivity index (χ2v) is 4.19. The number of aryl methyl sites for hydroxylation is 2. The Morgan fingerprint density at radius 2 is 2.06 bits per heavy atom.